The number of likely N-dealkylation sites (N-methyl/N-ethyl adjacent to an activating group) is 1. The van der Waals surface area contributed by atoms with Crippen LogP contribution >= 0.6 is 0 Å². The van der Waals surface area contributed by atoms with E-state index in [0.717, 1.165) is 11.6 Å². The van der Waals surface area contributed by atoms with Gasteiger partial charge >= 0.3 is 0 Å². The molecule has 0 spiro atoms. The van der Waals surface area contributed by atoms with Gasteiger partial charge in [-0.3, -0.25) is 10.1 Å². The van der Waals surface area contributed by atoms with Crippen LogP contribution in [0.5, 0.6) is 0 Å². The van der Waals surface area contributed by atoms with Crippen LogP contribution in [0, 0.1) is 6.92 Å². The quantitative estimate of drug-likeness (QED) is 0.590. The van der Waals surface area contributed by atoms with Crippen molar-refractivity contribution < 1.29 is 4.79 Å². The van der Waals surface area contributed by atoms with Crippen LogP contribution < -0.4 is 10.6 Å². The van der Waals surface area contributed by atoms with Crippen molar-refractivity contribution in [1.82, 2.24) is 25.4 Å². The Morgan fingerprint density at radius 1 is 1.64 bits per heavy atom. The van der Waals surface area contributed by atoms with Gasteiger partial charge in [0, 0.05) is 13.6 Å². The molecule has 1 unspecified atom stereocenters. The Labute approximate surface area is 81.7 Å². The molecule has 0 bridgehead atoms. The van der Waals surface area contributed by atoms with Crippen LogP contribution in [0.2, 0.25) is 0 Å². The van der Waals surface area contributed by atoms with Gasteiger partial charge in [0.15, 0.2) is 0 Å². The molecule has 0 saturated heterocycles. The molecule has 76 valence electrons. The van der Waals surface area contributed by atoms with Gasteiger partial charge in [-0.15, -0.1) is 10.2 Å². The monoisotopic (exact) mass is 195 g/mol. The first-order valence-electron chi connectivity index (χ1n) is 4.56. The van der Waals surface area contributed by atoms with Gasteiger partial charge in [0.2, 0.25) is 5.91 Å². The lowest BCUT2D eigenvalue weighted by molar-refractivity contribution is -0.123. The van der Waals surface area contributed by atoms with Crippen molar-refractivity contribution in [2.45, 2.75) is 26.1 Å². The number of amides is 1. The second-order valence-electron chi connectivity index (χ2n) is 3.32. The topological polar surface area (TPSA) is 71.8 Å². The number of fused-ring (bicyclic) bond motifs is 1. The maximum atomic E-state index is 11.4. The summed E-state index contributed by atoms with van der Waals surface area (Å²) in [6.45, 7) is 3.09. The third kappa shape index (κ3) is 1.37. The number of carbonyl (C=O) groups excluding carboxylic acids is 1. The van der Waals surface area contributed by atoms with Crippen LogP contribution in [0.1, 0.15) is 11.6 Å². The third-order valence-corrected chi connectivity index (χ3v) is 2.45. The summed E-state index contributed by atoms with van der Waals surface area (Å²) in [5.74, 6) is 1.75. The minimum absolute atomic E-state index is 0.00347. The van der Waals surface area contributed by atoms with E-state index in [1.54, 1.807) is 7.05 Å². The largest absolute Gasteiger partial charge is 0.358 e. The zero-order valence-corrected chi connectivity index (χ0v) is 8.24. The molecule has 1 aliphatic rings. The summed E-state index contributed by atoms with van der Waals surface area (Å²) in [7, 11) is 1.64. The molecule has 14 heavy (non-hydrogen) atoms. The number of nitrogens with zero attached hydrogens (tertiary/aromatic N) is 3. The van der Waals surface area contributed by atoms with E-state index < -0.39 is 0 Å². The van der Waals surface area contributed by atoms with Crippen molar-refractivity contribution in [3.05, 3.63) is 11.6 Å². The highest BCUT2D eigenvalue weighted by molar-refractivity contribution is 5.81. The van der Waals surface area contributed by atoms with Crippen molar-refractivity contribution in [3.8, 4) is 0 Å². The first-order valence-corrected chi connectivity index (χ1v) is 4.56. The normalized spacial score (nSPS) is 20.3. The molecule has 1 aromatic rings. The maximum Gasteiger partial charge on any atom is 0.238 e. The highest BCUT2D eigenvalue weighted by Gasteiger charge is 2.25. The minimum atomic E-state index is -0.179. The van der Waals surface area contributed by atoms with Gasteiger partial charge < -0.3 is 9.88 Å². The Bertz CT molecular complexity index is 359. The van der Waals surface area contributed by atoms with Crippen molar-refractivity contribution in [3.63, 3.8) is 0 Å². The van der Waals surface area contributed by atoms with E-state index in [4.69, 9.17) is 0 Å². The third-order valence-electron chi connectivity index (χ3n) is 2.45. The SMILES string of the molecule is CNC(=O)C1Cn2c(C)nnc2CN1. The fourth-order valence-corrected chi connectivity index (χ4v) is 1.60. The molecular weight excluding hydrogens is 182 g/mol. The van der Waals surface area contributed by atoms with Gasteiger partial charge in [0.1, 0.15) is 17.7 Å². The van der Waals surface area contributed by atoms with Crippen LogP contribution in [0.15, 0.2) is 0 Å². The van der Waals surface area contributed by atoms with E-state index in [-0.39, 0.29) is 11.9 Å². The van der Waals surface area contributed by atoms with Crippen LogP contribution in [-0.2, 0) is 17.9 Å². The second kappa shape index (κ2) is 3.38. The highest BCUT2D eigenvalue weighted by Crippen LogP contribution is 2.08. The smallest absolute Gasteiger partial charge is 0.238 e. The fraction of sp³-hybridized carbons (Fsp3) is 0.625. The van der Waals surface area contributed by atoms with E-state index in [2.05, 4.69) is 20.8 Å². The zero-order chi connectivity index (χ0) is 10.1. The molecule has 2 rings (SSSR count). The Kier molecular flexibility index (Phi) is 2.20. The first-order chi connectivity index (χ1) is 6.72. The Hall–Kier alpha value is -1.43. The Morgan fingerprint density at radius 2 is 2.43 bits per heavy atom. The molecule has 6 heteroatoms. The summed E-state index contributed by atoms with van der Waals surface area (Å²) in [6, 6.07) is -0.179. The molecule has 1 aliphatic heterocycles. The number of hydrogen-bond acceptors (Lipinski definition) is 4. The average Bonchev–Trinajstić information content (AvgIpc) is 2.59. The second-order valence-corrected chi connectivity index (χ2v) is 3.32. The van der Waals surface area contributed by atoms with Gasteiger partial charge in [-0.05, 0) is 6.92 Å². The molecule has 2 N–H and O–H groups in total. The molecule has 0 aromatic carbocycles. The number of hydrogen-bond donors (Lipinski definition) is 2. The highest BCUT2D eigenvalue weighted by atomic mass is 16.2. The Balaban J connectivity index is 2.20. The van der Waals surface area contributed by atoms with Gasteiger partial charge in [-0.2, -0.15) is 0 Å². The van der Waals surface area contributed by atoms with Crippen molar-refractivity contribution in [1.29, 1.82) is 0 Å². The fourth-order valence-electron chi connectivity index (χ4n) is 1.60. The number of aryl methyl sites for hydroxylation is 1. The van der Waals surface area contributed by atoms with Gasteiger partial charge in [0.25, 0.3) is 0 Å². The lowest BCUT2D eigenvalue weighted by Gasteiger charge is -2.23. The zero-order valence-electron chi connectivity index (χ0n) is 8.24. The first kappa shape index (κ1) is 9.14. The molecule has 1 amide bonds. The van der Waals surface area contributed by atoms with E-state index in [9.17, 15) is 4.79 Å². The van der Waals surface area contributed by atoms with Crippen LogP contribution in [0.25, 0.3) is 0 Å². The van der Waals surface area contributed by atoms with Gasteiger partial charge in [-0.1, -0.05) is 0 Å². The summed E-state index contributed by atoms with van der Waals surface area (Å²) in [5, 5.41) is 13.7. The standard InChI is InChI=1S/C8H13N5O/c1-5-11-12-7-3-10-6(4-13(5)7)8(14)9-2/h6,10H,3-4H2,1-2H3,(H,9,14). The molecule has 0 radical (unpaired) electrons. The predicted octanol–water partition coefficient (Wildman–Crippen LogP) is -1.20. The molecule has 2 heterocycles. The maximum absolute atomic E-state index is 11.4. The van der Waals surface area contributed by atoms with Crippen molar-refractivity contribution in [2.24, 2.45) is 0 Å². The molecule has 0 saturated carbocycles. The molecule has 1 atom stereocenters. The van der Waals surface area contributed by atoms with Gasteiger partial charge in [0.05, 0.1) is 6.54 Å². The summed E-state index contributed by atoms with van der Waals surface area (Å²) in [5.41, 5.74) is 0. The number of aromatic nitrogens is 3. The molecule has 1 aromatic heterocycles. The van der Waals surface area contributed by atoms with Gasteiger partial charge in [-0.25, -0.2) is 0 Å². The molecule has 0 aliphatic carbocycles. The van der Waals surface area contributed by atoms with E-state index in [1.807, 2.05) is 11.5 Å². The van der Waals surface area contributed by atoms with E-state index in [0.29, 0.717) is 13.1 Å². The summed E-state index contributed by atoms with van der Waals surface area (Å²) >= 11 is 0. The molecule has 6 nitrogen and oxygen atoms in total. The summed E-state index contributed by atoms with van der Waals surface area (Å²) < 4.78 is 1.97. The summed E-state index contributed by atoms with van der Waals surface area (Å²) in [4.78, 5) is 11.4. The number of nitrogens with one attached hydrogen (secondary N) is 2. The van der Waals surface area contributed by atoms with Crippen LogP contribution in [-0.4, -0.2) is 33.8 Å². The minimum Gasteiger partial charge on any atom is -0.358 e. The average molecular weight is 195 g/mol. The molecule has 0 fully saturated rings. The Morgan fingerprint density at radius 3 is 3.14 bits per heavy atom. The number of carbonyl (C=O) groups is 1. The lowest BCUT2D eigenvalue weighted by atomic mass is 10.2. The van der Waals surface area contributed by atoms with E-state index in [1.165, 1.54) is 0 Å². The van der Waals surface area contributed by atoms with Crippen LogP contribution in [0.4, 0.5) is 0 Å². The van der Waals surface area contributed by atoms with E-state index >= 15 is 0 Å². The van der Waals surface area contributed by atoms with Crippen molar-refractivity contribution in [2.75, 3.05) is 7.05 Å². The predicted molar refractivity (Wildman–Crippen MR) is 49.5 cm³/mol. The lowest BCUT2D eigenvalue weighted by Crippen LogP contribution is -2.48. The molecular formula is C8H13N5O. The number of rotatable bonds is 1. The summed E-state index contributed by atoms with van der Waals surface area (Å²) in [6.07, 6.45) is 0. The van der Waals surface area contributed by atoms with Crippen molar-refractivity contribution >= 4 is 5.91 Å². The van der Waals surface area contributed by atoms with Crippen LogP contribution in [0.3, 0.4) is 0 Å².